The number of nitrogens with one attached hydrogen (secondary N) is 1. The quantitative estimate of drug-likeness (QED) is 0.881. The van der Waals surface area contributed by atoms with Gasteiger partial charge in [-0.15, -0.1) is 0 Å². The molecule has 1 rings (SSSR count). The SMILES string of the molecule is CC(C)CCNC(=O)c1ccc(C(F)(F)F)cc1. The second-order valence-corrected chi connectivity index (χ2v) is 4.51. The Kier molecular flexibility index (Phi) is 4.76. The van der Waals surface area contributed by atoms with Gasteiger partial charge in [0.1, 0.15) is 0 Å². The molecule has 0 radical (unpaired) electrons. The molecule has 0 aliphatic carbocycles. The maximum absolute atomic E-state index is 12.3. The lowest BCUT2D eigenvalue weighted by atomic mass is 10.1. The highest BCUT2D eigenvalue weighted by Gasteiger charge is 2.30. The second kappa shape index (κ2) is 5.89. The lowest BCUT2D eigenvalue weighted by Gasteiger charge is -2.09. The molecule has 0 atom stereocenters. The van der Waals surface area contributed by atoms with E-state index in [9.17, 15) is 18.0 Å². The Morgan fingerprint density at radius 1 is 1.22 bits per heavy atom. The molecule has 0 aliphatic rings. The highest BCUT2D eigenvalue weighted by molar-refractivity contribution is 5.94. The number of amides is 1. The van der Waals surface area contributed by atoms with Crippen LogP contribution in [0.15, 0.2) is 24.3 Å². The summed E-state index contributed by atoms with van der Waals surface area (Å²) in [6.45, 7) is 4.59. The molecular formula is C13H16F3NO. The molecule has 100 valence electrons. The third-order valence-electron chi connectivity index (χ3n) is 2.48. The van der Waals surface area contributed by atoms with Crippen molar-refractivity contribution in [1.29, 1.82) is 0 Å². The van der Waals surface area contributed by atoms with Crippen molar-refractivity contribution in [1.82, 2.24) is 5.32 Å². The van der Waals surface area contributed by atoms with Crippen molar-refractivity contribution in [2.75, 3.05) is 6.54 Å². The summed E-state index contributed by atoms with van der Waals surface area (Å²) in [5.41, 5.74) is -0.506. The summed E-state index contributed by atoms with van der Waals surface area (Å²) in [7, 11) is 0. The van der Waals surface area contributed by atoms with Crippen molar-refractivity contribution in [3.63, 3.8) is 0 Å². The normalized spacial score (nSPS) is 11.7. The minimum atomic E-state index is -4.37. The predicted molar refractivity (Wildman–Crippen MR) is 63.2 cm³/mol. The van der Waals surface area contributed by atoms with Crippen LogP contribution in [0.2, 0.25) is 0 Å². The van der Waals surface area contributed by atoms with Crippen LogP contribution in [0, 0.1) is 5.92 Å². The van der Waals surface area contributed by atoms with Gasteiger partial charge in [0.2, 0.25) is 0 Å². The van der Waals surface area contributed by atoms with Gasteiger partial charge in [-0.05, 0) is 36.6 Å². The topological polar surface area (TPSA) is 29.1 Å². The number of rotatable bonds is 4. The maximum atomic E-state index is 12.3. The molecule has 0 unspecified atom stereocenters. The standard InChI is InChI=1S/C13H16F3NO/c1-9(2)7-8-17-12(18)10-3-5-11(6-4-10)13(14,15)16/h3-6,9H,7-8H2,1-2H3,(H,17,18). The first kappa shape index (κ1) is 14.5. The Bertz CT molecular complexity index is 396. The summed E-state index contributed by atoms with van der Waals surface area (Å²) in [6.07, 6.45) is -3.53. The second-order valence-electron chi connectivity index (χ2n) is 4.51. The summed E-state index contributed by atoms with van der Waals surface area (Å²) >= 11 is 0. The van der Waals surface area contributed by atoms with E-state index in [4.69, 9.17) is 0 Å². The van der Waals surface area contributed by atoms with Crippen molar-refractivity contribution >= 4 is 5.91 Å². The number of carbonyl (C=O) groups is 1. The molecule has 1 N–H and O–H groups in total. The fourth-order valence-electron chi connectivity index (χ4n) is 1.39. The summed E-state index contributed by atoms with van der Waals surface area (Å²) in [4.78, 5) is 11.6. The van der Waals surface area contributed by atoms with Crippen LogP contribution in [0.3, 0.4) is 0 Å². The van der Waals surface area contributed by atoms with Crippen LogP contribution in [0.5, 0.6) is 0 Å². The van der Waals surface area contributed by atoms with E-state index in [0.717, 1.165) is 18.6 Å². The van der Waals surface area contributed by atoms with Gasteiger partial charge in [0.25, 0.3) is 5.91 Å². The van der Waals surface area contributed by atoms with Crippen LogP contribution in [0.25, 0.3) is 0 Å². The van der Waals surface area contributed by atoms with E-state index < -0.39 is 11.7 Å². The van der Waals surface area contributed by atoms with Gasteiger partial charge in [-0.1, -0.05) is 13.8 Å². The number of halogens is 3. The largest absolute Gasteiger partial charge is 0.416 e. The summed E-state index contributed by atoms with van der Waals surface area (Å²) in [5.74, 6) is 0.127. The van der Waals surface area contributed by atoms with Gasteiger partial charge in [0.15, 0.2) is 0 Å². The molecule has 0 saturated heterocycles. The Morgan fingerprint density at radius 3 is 2.22 bits per heavy atom. The van der Waals surface area contributed by atoms with Crippen LogP contribution in [0.1, 0.15) is 36.2 Å². The summed E-state index contributed by atoms with van der Waals surface area (Å²) < 4.78 is 36.9. The van der Waals surface area contributed by atoms with E-state index in [0.29, 0.717) is 12.5 Å². The van der Waals surface area contributed by atoms with Crippen molar-refractivity contribution in [3.8, 4) is 0 Å². The molecule has 0 aliphatic heterocycles. The number of alkyl halides is 3. The molecule has 1 aromatic carbocycles. The maximum Gasteiger partial charge on any atom is 0.416 e. The zero-order valence-electron chi connectivity index (χ0n) is 10.3. The molecule has 1 amide bonds. The van der Waals surface area contributed by atoms with E-state index >= 15 is 0 Å². The lowest BCUT2D eigenvalue weighted by Crippen LogP contribution is -2.25. The zero-order chi connectivity index (χ0) is 13.8. The first-order chi connectivity index (χ1) is 8.30. The molecule has 18 heavy (non-hydrogen) atoms. The van der Waals surface area contributed by atoms with Crippen LogP contribution < -0.4 is 5.32 Å². The molecule has 0 saturated carbocycles. The fourth-order valence-corrected chi connectivity index (χ4v) is 1.39. The third kappa shape index (κ3) is 4.39. The van der Waals surface area contributed by atoms with E-state index in [-0.39, 0.29) is 11.5 Å². The molecule has 1 aromatic rings. The highest BCUT2D eigenvalue weighted by Crippen LogP contribution is 2.28. The van der Waals surface area contributed by atoms with E-state index in [2.05, 4.69) is 5.32 Å². The van der Waals surface area contributed by atoms with E-state index in [1.807, 2.05) is 13.8 Å². The lowest BCUT2D eigenvalue weighted by molar-refractivity contribution is -0.137. The Labute approximate surface area is 104 Å². The number of carbonyl (C=O) groups excluding carboxylic acids is 1. The monoisotopic (exact) mass is 259 g/mol. The van der Waals surface area contributed by atoms with Gasteiger partial charge >= 0.3 is 6.18 Å². The molecule has 5 heteroatoms. The molecule has 0 bridgehead atoms. The molecule has 0 spiro atoms. The first-order valence-electron chi connectivity index (χ1n) is 5.76. The first-order valence-corrected chi connectivity index (χ1v) is 5.76. The predicted octanol–water partition coefficient (Wildman–Crippen LogP) is 3.48. The average Bonchev–Trinajstić information content (AvgIpc) is 2.27. The molecule has 0 heterocycles. The summed E-state index contributed by atoms with van der Waals surface area (Å²) in [6, 6.07) is 4.20. The molecular weight excluding hydrogens is 243 g/mol. The number of hydrogen-bond donors (Lipinski definition) is 1. The van der Waals surface area contributed by atoms with Crippen LogP contribution in [-0.2, 0) is 6.18 Å². The zero-order valence-corrected chi connectivity index (χ0v) is 10.3. The van der Waals surface area contributed by atoms with Crippen LogP contribution in [0.4, 0.5) is 13.2 Å². The van der Waals surface area contributed by atoms with E-state index in [1.54, 1.807) is 0 Å². The Morgan fingerprint density at radius 2 is 1.78 bits per heavy atom. The van der Waals surface area contributed by atoms with Gasteiger partial charge in [-0.25, -0.2) is 0 Å². The summed E-state index contributed by atoms with van der Waals surface area (Å²) in [5, 5.41) is 2.67. The van der Waals surface area contributed by atoms with Crippen molar-refractivity contribution in [2.45, 2.75) is 26.4 Å². The van der Waals surface area contributed by atoms with Crippen molar-refractivity contribution in [3.05, 3.63) is 35.4 Å². The number of benzene rings is 1. The van der Waals surface area contributed by atoms with Crippen LogP contribution in [-0.4, -0.2) is 12.5 Å². The van der Waals surface area contributed by atoms with Gasteiger partial charge in [0.05, 0.1) is 5.56 Å². The van der Waals surface area contributed by atoms with Gasteiger partial charge in [-0.2, -0.15) is 13.2 Å². The minimum absolute atomic E-state index is 0.242. The fraction of sp³-hybridized carbons (Fsp3) is 0.462. The van der Waals surface area contributed by atoms with Crippen molar-refractivity contribution < 1.29 is 18.0 Å². The Hall–Kier alpha value is -1.52. The highest BCUT2D eigenvalue weighted by atomic mass is 19.4. The van der Waals surface area contributed by atoms with E-state index in [1.165, 1.54) is 12.1 Å². The number of hydrogen-bond acceptors (Lipinski definition) is 1. The van der Waals surface area contributed by atoms with Gasteiger partial charge < -0.3 is 5.32 Å². The minimum Gasteiger partial charge on any atom is -0.352 e. The van der Waals surface area contributed by atoms with Gasteiger partial charge in [-0.3, -0.25) is 4.79 Å². The third-order valence-corrected chi connectivity index (χ3v) is 2.48. The van der Waals surface area contributed by atoms with Crippen LogP contribution >= 0.6 is 0 Å². The molecule has 0 aromatic heterocycles. The average molecular weight is 259 g/mol. The molecule has 2 nitrogen and oxygen atoms in total. The molecule has 0 fully saturated rings. The smallest absolute Gasteiger partial charge is 0.352 e. The Balaban J connectivity index is 2.60. The van der Waals surface area contributed by atoms with Gasteiger partial charge in [0, 0.05) is 12.1 Å². The van der Waals surface area contributed by atoms with Crippen molar-refractivity contribution in [2.24, 2.45) is 5.92 Å².